The Balaban J connectivity index is 2.14. The maximum Gasteiger partial charge on any atom is 0.230 e. The third-order valence-electron chi connectivity index (χ3n) is 3.27. The van der Waals surface area contributed by atoms with E-state index in [1.165, 1.54) is 0 Å². The van der Waals surface area contributed by atoms with Gasteiger partial charge >= 0.3 is 0 Å². The minimum Gasteiger partial charge on any atom is -0.496 e. The molecule has 1 aliphatic heterocycles. The molecule has 0 saturated carbocycles. The fourth-order valence-electron chi connectivity index (χ4n) is 2.29. The SMILES string of the molecule is CCc1cc(CC2CC(=O)NC2=O)ccc1OC. The van der Waals surface area contributed by atoms with Crippen molar-refractivity contribution in [3.63, 3.8) is 0 Å². The van der Waals surface area contributed by atoms with Crippen LogP contribution in [0, 0.1) is 5.92 Å². The quantitative estimate of drug-likeness (QED) is 0.820. The van der Waals surface area contributed by atoms with Crippen LogP contribution >= 0.6 is 0 Å². The van der Waals surface area contributed by atoms with E-state index in [0.29, 0.717) is 12.8 Å². The summed E-state index contributed by atoms with van der Waals surface area (Å²) < 4.78 is 5.27. The minimum atomic E-state index is -0.226. The third-order valence-corrected chi connectivity index (χ3v) is 3.27. The Labute approximate surface area is 106 Å². The lowest BCUT2D eigenvalue weighted by Crippen LogP contribution is -2.22. The lowest BCUT2D eigenvalue weighted by molar-refractivity contribution is -0.125. The van der Waals surface area contributed by atoms with Gasteiger partial charge in [-0.15, -0.1) is 0 Å². The van der Waals surface area contributed by atoms with Crippen molar-refractivity contribution >= 4 is 11.8 Å². The van der Waals surface area contributed by atoms with E-state index in [2.05, 4.69) is 18.3 Å². The standard InChI is InChI=1S/C14H17NO3/c1-3-10-6-9(4-5-12(10)18-2)7-11-8-13(16)15-14(11)17/h4-6,11H,3,7-8H2,1-2H3,(H,15,16,17). The third kappa shape index (κ3) is 2.53. The van der Waals surface area contributed by atoms with Gasteiger partial charge in [-0.05, 0) is 30.0 Å². The zero-order chi connectivity index (χ0) is 13.1. The maximum absolute atomic E-state index is 11.5. The highest BCUT2D eigenvalue weighted by atomic mass is 16.5. The van der Waals surface area contributed by atoms with Crippen LogP contribution in [0.3, 0.4) is 0 Å². The van der Waals surface area contributed by atoms with E-state index in [0.717, 1.165) is 23.3 Å². The molecule has 2 amide bonds. The van der Waals surface area contributed by atoms with E-state index >= 15 is 0 Å². The highest BCUT2D eigenvalue weighted by Gasteiger charge is 2.30. The molecular weight excluding hydrogens is 230 g/mol. The van der Waals surface area contributed by atoms with Crippen LogP contribution in [0.4, 0.5) is 0 Å². The van der Waals surface area contributed by atoms with Gasteiger partial charge in [0.2, 0.25) is 11.8 Å². The molecule has 4 nitrogen and oxygen atoms in total. The summed E-state index contributed by atoms with van der Waals surface area (Å²) in [5.74, 6) is 0.312. The van der Waals surface area contributed by atoms with Gasteiger partial charge in [0.15, 0.2) is 0 Å². The fourth-order valence-corrected chi connectivity index (χ4v) is 2.29. The Morgan fingerprint density at radius 3 is 2.72 bits per heavy atom. The summed E-state index contributed by atoms with van der Waals surface area (Å²) in [4.78, 5) is 22.6. The predicted molar refractivity (Wildman–Crippen MR) is 67.3 cm³/mol. The Kier molecular flexibility index (Phi) is 3.65. The number of imide groups is 1. The van der Waals surface area contributed by atoms with Crippen LogP contribution in [0.25, 0.3) is 0 Å². The summed E-state index contributed by atoms with van der Waals surface area (Å²) in [5.41, 5.74) is 2.20. The second kappa shape index (κ2) is 5.21. The molecule has 1 saturated heterocycles. The number of nitrogens with one attached hydrogen (secondary N) is 1. The molecule has 0 bridgehead atoms. The average Bonchev–Trinajstić information content (AvgIpc) is 2.67. The number of carbonyl (C=O) groups is 2. The molecule has 1 heterocycles. The summed E-state index contributed by atoms with van der Waals surface area (Å²) in [6.07, 6.45) is 1.79. The molecule has 4 heteroatoms. The number of carbonyl (C=O) groups excluding carboxylic acids is 2. The first-order valence-electron chi connectivity index (χ1n) is 6.13. The molecular formula is C14H17NO3. The highest BCUT2D eigenvalue weighted by molar-refractivity contribution is 6.03. The molecule has 1 aromatic carbocycles. The van der Waals surface area contributed by atoms with Gasteiger partial charge in [-0.25, -0.2) is 0 Å². The first-order valence-corrected chi connectivity index (χ1v) is 6.13. The predicted octanol–water partition coefficient (Wildman–Crippen LogP) is 1.46. The molecule has 0 radical (unpaired) electrons. The Hall–Kier alpha value is -1.84. The zero-order valence-corrected chi connectivity index (χ0v) is 10.7. The number of rotatable bonds is 4. The van der Waals surface area contributed by atoms with E-state index < -0.39 is 0 Å². The summed E-state index contributed by atoms with van der Waals surface area (Å²) >= 11 is 0. The average molecular weight is 247 g/mol. The molecule has 0 aromatic heterocycles. The number of hydrogen-bond donors (Lipinski definition) is 1. The summed E-state index contributed by atoms with van der Waals surface area (Å²) in [5, 5.41) is 2.34. The lowest BCUT2D eigenvalue weighted by Gasteiger charge is -2.11. The van der Waals surface area contributed by atoms with Crippen molar-refractivity contribution in [3.8, 4) is 5.75 Å². The number of hydrogen-bond acceptors (Lipinski definition) is 3. The van der Waals surface area contributed by atoms with Crippen molar-refractivity contribution < 1.29 is 14.3 Å². The molecule has 18 heavy (non-hydrogen) atoms. The van der Waals surface area contributed by atoms with Crippen LogP contribution in [0.15, 0.2) is 18.2 Å². The van der Waals surface area contributed by atoms with E-state index in [1.807, 2.05) is 12.1 Å². The van der Waals surface area contributed by atoms with Gasteiger partial charge in [0, 0.05) is 6.42 Å². The van der Waals surface area contributed by atoms with Crippen LogP contribution in [0.2, 0.25) is 0 Å². The second-order valence-corrected chi connectivity index (χ2v) is 4.52. The van der Waals surface area contributed by atoms with Crippen molar-refractivity contribution in [2.45, 2.75) is 26.2 Å². The van der Waals surface area contributed by atoms with Gasteiger partial charge in [0.05, 0.1) is 13.0 Å². The smallest absolute Gasteiger partial charge is 0.230 e. The maximum atomic E-state index is 11.5. The highest BCUT2D eigenvalue weighted by Crippen LogP contribution is 2.23. The van der Waals surface area contributed by atoms with Crippen LogP contribution in [-0.4, -0.2) is 18.9 Å². The lowest BCUT2D eigenvalue weighted by atomic mass is 9.96. The second-order valence-electron chi connectivity index (χ2n) is 4.52. The summed E-state index contributed by atoms with van der Waals surface area (Å²) in [6.45, 7) is 2.06. The number of ether oxygens (including phenoxy) is 1. The van der Waals surface area contributed by atoms with Gasteiger partial charge < -0.3 is 4.74 Å². The van der Waals surface area contributed by atoms with Crippen molar-refractivity contribution in [1.82, 2.24) is 5.32 Å². The molecule has 1 aliphatic rings. The zero-order valence-electron chi connectivity index (χ0n) is 10.7. The molecule has 96 valence electrons. The Morgan fingerprint density at radius 2 is 2.17 bits per heavy atom. The number of amides is 2. The van der Waals surface area contributed by atoms with E-state index in [-0.39, 0.29) is 17.7 Å². The van der Waals surface area contributed by atoms with Gasteiger partial charge in [-0.2, -0.15) is 0 Å². The Morgan fingerprint density at radius 1 is 1.39 bits per heavy atom. The first kappa shape index (κ1) is 12.6. The van der Waals surface area contributed by atoms with Crippen molar-refractivity contribution in [2.75, 3.05) is 7.11 Å². The Bertz CT molecular complexity index is 482. The monoisotopic (exact) mass is 247 g/mol. The summed E-state index contributed by atoms with van der Waals surface area (Å²) in [6, 6.07) is 5.92. The fraction of sp³-hybridized carbons (Fsp3) is 0.429. The van der Waals surface area contributed by atoms with Gasteiger partial charge in [0.25, 0.3) is 0 Å². The molecule has 0 aliphatic carbocycles. The first-order chi connectivity index (χ1) is 8.63. The summed E-state index contributed by atoms with van der Waals surface area (Å²) in [7, 11) is 1.65. The molecule has 1 unspecified atom stereocenters. The number of benzene rings is 1. The largest absolute Gasteiger partial charge is 0.496 e. The van der Waals surface area contributed by atoms with Gasteiger partial charge in [-0.3, -0.25) is 14.9 Å². The number of aryl methyl sites for hydroxylation is 1. The molecule has 2 rings (SSSR count). The van der Waals surface area contributed by atoms with Crippen molar-refractivity contribution in [1.29, 1.82) is 0 Å². The van der Waals surface area contributed by atoms with E-state index in [9.17, 15) is 9.59 Å². The van der Waals surface area contributed by atoms with Crippen LogP contribution in [0.1, 0.15) is 24.5 Å². The molecule has 1 N–H and O–H groups in total. The van der Waals surface area contributed by atoms with Crippen LogP contribution in [-0.2, 0) is 22.4 Å². The number of methoxy groups -OCH3 is 1. The molecule has 0 spiro atoms. The topological polar surface area (TPSA) is 55.4 Å². The van der Waals surface area contributed by atoms with E-state index in [1.54, 1.807) is 7.11 Å². The van der Waals surface area contributed by atoms with E-state index in [4.69, 9.17) is 4.74 Å². The van der Waals surface area contributed by atoms with Crippen molar-refractivity contribution in [2.24, 2.45) is 5.92 Å². The minimum absolute atomic E-state index is 0.158. The molecule has 1 fully saturated rings. The molecule has 1 atom stereocenters. The normalized spacial score (nSPS) is 18.9. The van der Waals surface area contributed by atoms with Crippen LogP contribution in [0.5, 0.6) is 5.75 Å². The van der Waals surface area contributed by atoms with Gasteiger partial charge in [-0.1, -0.05) is 19.1 Å². The van der Waals surface area contributed by atoms with Crippen molar-refractivity contribution in [3.05, 3.63) is 29.3 Å². The van der Waals surface area contributed by atoms with Crippen LogP contribution < -0.4 is 10.1 Å². The van der Waals surface area contributed by atoms with Gasteiger partial charge in [0.1, 0.15) is 5.75 Å². The molecule has 1 aromatic rings.